The molecule has 0 bridgehead atoms. The van der Waals surface area contributed by atoms with Crippen LogP contribution in [0.25, 0.3) is 22.4 Å². The Morgan fingerprint density at radius 2 is 1.50 bits per heavy atom. The zero-order chi connectivity index (χ0) is 17.3. The minimum atomic E-state index is -3.26. The van der Waals surface area contributed by atoms with Crippen molar-refractivity contribution in [3.05, 3.63) is 70.5 Å². The summed E-state index contributed by atoms with van der Waals surface area (Å²) in [5.74, 6) is 0. The zero-order valence-electron chi connectivity index (χ0n) is 13.3. The van der Waals surface area contributed by atoms with E-state index in [2.05, 4.69) is 10.2 Å². The Labute approximate surface area is 139 Å². The molecular formula is C18H16N2O3S. The molecular weight excluding hydrogens is 324 g/mol. The summed E-state index contributed by atoms with van der Waals surface area (Å²) >= 11 is 0. The molecule has 0 aliphatic heterocycles. The lowest BCUT2D eigenvalue weighted by atomic mass is 9.99. The third-order valence-electron chi connectivity index (χ3n) is 3.77. The summed E-state index contributed by atoms with van der Waals surface area (Å²) in [5.41, 5.74) is 3.46. The van der Waals surface area contributed by atoms with Gasteiger partial charge in [0.15, 0.2) is 9.84 Å². The molecule has 2 aromatic carbocycles. The fourth-order valence-electron chi connectivity index (χ4n) is 2.48. The molecule has 1 aromatic heterocycles. The second-order valence-electron chi connectivity index (χ2n) is 5.65. The van der Waals surface area contributed by atoms with E-state index in [1.165, 1.54) is 18.3 Å². The summed E-state index contributed by atoms with van der Waals surface area (Å²) in [6.45, 7) is 1.98. The van der Waals surface area contributed by atoms with Gasteiger partial charge in [-0.05, 0) is 24.6 Å². The smallest absolute Gasteiger partial charge is 0.208 e. The van der Waals surface area contributed by atoms with Gasteiger partial charge < -0.3 is 0 Å². The van der Waals surface area contributed by atoms with E-state index >= 15 is 0 Å². The first-order valence-electron chi connectivity index (χ1n) is 7.31. The van der Waals surface area contributed by atoms with Crippen molar-refractivity contribution in [1.29, 1.82) is 0 Å². The summed E-state index contributed by atoms with van der Waals surface area (Å²) < 4.78 is 23.2. The van der Waals surface area contributed by atoms with Gasteiger partial charge in [0.2, 0.25) is 5.43 Å². The predicted octanol–water partition coefficient (Wildman–Crippen LogP) is 2.82. The van der Waals surface area contributed by atoms with Crippen LogP contribution in [0.15, 0.2) is 64.4 Å². The van der Waals surface area contributed by atoms with Crippen molar-refractivity contribution in [2.24, 2.45) is 0 Å². The van der Waals surface area contributed by atoms with Gasteiger partial charge in [-0.25, -0.2) is 8.42 Å². The second kappa shape index (κ2) is 6.05. The van der Waals surface area contributed by atoms with E-state index in [0.29, 0.717) is 16.8 Å². The van der Waals surface area contributed by atoms with Crippen LogP contribution in [0, 0.1) is 6.92 Å². The molecule has 0 amide bonds. The molecule has 6 heteroatoms. The largest absolute Gasteiger partial charge is 0.287 e. The molecule has 0 fully saturated rings. The van der Waals surface area contributed by atoms with E-state index in [9.17, 15) is 13.2 Å². The van der Waals surface area contributed by atoms with Gasteiger partial charge in [-0.1, -0.05) is 42.0 Å². The lowest BCUT2D eigenvalue weighted by molar-refractivity contribution is 0.602. The maximum absolute atomic E-state index is 12.3. The van der Waals surface area contributed by atoms with E-state index in [-0.39, 0.29) is 10.3 Å². The van der Waals surface area contributed by atoms with E-state index < -0.39 is 9.84 Å². The van der Waals surface area contributed by atoms with Crippen LogP contribution in [0.4, 0.5) is 0 Å². The molecule has 122 valence electrons. The molecule has 1 heterocycles. The Morgan fingerprint density at radius 1 is 0.917 bits per heavy atom. The molecule has 0 saturated heterocycles. The summed E-state index contributed by atoms with van der Waals surface area (Å²) in [5, 5.41) is 6.75. The Morgan fingerprint density at radius 3 is 2.08 bits per heavy atom. The number of H-pyrrole nitrogens is 1. The normalized spacial score (nSPS) is 11.4. The number of hydrogen-bond donors (Lipinski definition) is 1. The van der Waals surface area contributed by atoms with Gasteiger partial charge in [0.25, 0.3) is 0 Å². The highest BCUT2D eigenvalue weighted by atomic mass is 32.2. The standard InChI is InChI=1S/C18H16N2O3S/c1-12-3-5-13(6-4-12)17-16(21)11-19-20-18(17)14-7-9-15(10-8-14)24(2,22)23/h3-11H,1-2H3,(H,20,21). The third kappa shape index (κ3) is 3.14. The van der Waals surface area contributed by atoms with Crippen molar-refractivity contribution in [3.8, 4) is 22.4 Å². The number of sulfone groups is 1. The van der Waals surface area contributed by atoms with Crippen LogP contribution in [-0.4, -0.2) is 24.9 Å². The van der Waals surface area contributed by atoms with E-state index in [0.717, 1.165) is 17.4 Å². The fraction of sp³-hybridized carbons (Fsp3) is 0.111. The molecule has 24 heavy (non-hydrogen) atoms. The van der Waals surface area contributed by atoms with Crippen LogP contribution >= 0.6 is 0 Å². The number of aryl methyl sites for hydroxylation is 1. The highest BCUT2D eigenvalue weighted by Crippen LogP contribution is 2.28. The van der Waals surface area contributed by atoms with E-state index in [1.807, 2.05) is 31.2 Å². The molecule has 3 rings (SSSR count). The monoisotopic (exact) mass is 340 g/mol. The molecule has 0 spiro atoms. The average molecular weight is 340 g/mol. The molecule has 5 nitrogen and oxygen atoms in total. The molecule has 3 aromatic rings. The molecule has 0 aliphatic rings. The first-order valence-corrected chi connectivity index (χ1v) is 9.20. The van der Waals surface area contributed by atoms with Crippen LogP contribution in [0.1, 0.15) is 5.56 Å². The van der Waals surface area contributed by atoms with Crippen molar-refractivity contribution in [1.82, 2.24) is 10.2 Å². The fourth-order valence-corrected chi connectivity index (χ4v) is 3.11. The summed E-state index contributed by atoms with van der Waals surface area (Å²) in [7, 11) is -3.26. The SMILES string of the molecule is Cc1ccc(-c2c(-c3ccc(S(C)(=O)=O)cc3)[nH]ncc2=O)cc1. The first-order chi connectivity index (χ1) is 11.4. The number of nitrogens with one attached hydrogen (secondary N) is 1. The van der Waals surface area contributed by atoms with Crippen molar-refractivity contribution < 1.29 is 8.42 Å². The van der Waals surface area contributed by atoms with Crippen LogP contribution in [0.2, 0.25) is 0 Å². The quantitative estimate of drug-likeness (QED) is 0.795. The molecule has 0 radical (unpaired) electrons. The highest BCUT2D eigenvalue weighted by molar-refractivity contribution is 7.90. The molecule has 0 unspecified atom stereocenters. The van der Waals surface area contributed by atoms with Gasteiger partial charge in [0.1, 0.15) is 0 Å². The van der Waals surface area contributed by atoms with E-state index in [4.69, 9.17) is 0 Å². The maximum Gasteiger partial charge on any atom is 0.208 e. The van der Waals surface area contributed by atoms with Crippen LogP contribution in [0.5, 0.6) is 0 Å². The number of benzene rings is 2. The van der Waals surface area contributed by atoms with Gasteiger partial charge >= 0.3 is 0 Å². The van der Waals surface area contributed by atoms with Gasteiger partial charge in [0.05, 0.1) is 22.3 Å². The van der Waals surface area contributed by atoms with E-state index in [1.54, 1.807) is 12.1 Å². The summed E-state index contributed by atoms with van der Waals surface area (Å²) in [6.07, 6.45) is 2.40. The number of aromatic nitrogens is 2. The Balaban J connectivity index is 2.17. The number of nitrogens with zero attached hydrogens (tertiary/aromatic N) is 1. The highest BCUT2D eigenvalue weighted by Gasteiger charge is 2.13. The van der Waals surface area contributed by atoms with Crippen molar-refractivity contribution in [2.45, 2.75) is 11.8 Å². The molecule has 0 aliphatic carbocycles. The average Bonchev–Trinajstić information content (AvgIpc) is 2.55. The lowest BCUT2D eigenvalue weighted by Gasteiger charge is -2.09. The predicted molar refractivity (Wildman–Crippen MR) is 93.6 cm³/mol. The number of rotatable bonds is 3. The van der Waals surface area contributed by atoms with Gasteiger partial charge in [-0.15, -0.1) is 0 Å². The molecule has 0 atom stereocenters. The van der Waals surface area contributed by atoms with Crippen LogP contribution in [0.3, 0.4) is 0 Å². The van der Waals surface area contributed by atoms with Gasteiger partial charge in [0, 0.05) is 11.8 Å². The minimum absolute atomic E-state index is 0.195. The second-order valence-corrected chi connectivity index (χ2v) is 7.66. The van der Waals surface area contributed by atoms with Crippen LogP contribution < -0.4 is 5.43 Å². The Kier molecular flexibility index (Phi) is 4.07. The minimum Gasteiger partial charge on any atom is -0.287 e. The van der Waals surface area contributed by atoms with Crippen LogP contribution in [-0.2, 0) is 9.84 Å². The topological polar surface area (TPSA) is 79.9 Å². The Hall–Kier alpha value is -2.73. The first kappa shape index (κ1) is 16.1. The van der Waals surface area contributed by atoms with Crippen molar-refractivity contribution in [2.75, 3.05) is 6.26 Å². The lowest BCUT2D eigenvalue weighted by Crippen LogP contribution is -2.09. The zero-order valence-corrected chi connectivity index (χ0v) is 14.1. The van der Waals surface area contributed by atoms with Crippen molar-refractivity contribution in [3.63, 3.8) is 0 Å². The summed E-state index contributed by atoms with van der Waals surface area (Å²) in [4.78, 5) is 12.6. The number of hydrogen-bond acceptors (Lipinski definition) is 4. The third-order valence-corrected chi connectivity index (χ3v) is 4.89. The number of aromatic amines is 1. The molecule has 0 saturated carbocycles. The van der Waals surface area contributed by atoms with Gasteiger partial charge in [-0.2, -0.15) is 5.10 Å². The molecule has 1 N–H and O–H groups in total. The van der Waals surface area contributed by atoms with Crippen molar-refractivity contribution >= 4 is 9.84 Å². The Bertz CT molecular complexity index is 1030. The van der Waals surface area contributed by atoms with Gasteiger partial charge in [-0.3, -0.25) is 9.89 Å². The maximum atomic E-state index is 12.3. The summed E-state index contributed by atoms with van der Waals surface area (Å²) in [6, 6.07) is 14.0.